The van der Waals surface area contributed by atoms with E-state index >= 15 is 0 Å². The summed E-state index contributed by atoms with van der Waals surface area (Å²) in [5.41, 5.74) is 1.85. The van der Waals surface area contributed by atoms with Crippen molar-refractivity contribution in [3.8, 4) is 17.0 Å². The fourth-order valence-corrected chi connectivity index (χ4v) is 1.34. The van der Waals surface area contributed by atoms with Crippen molar-refractivity contribution in [1.29, 1.82) is 0 Å². The Morgan fingerprint density at radius 1 is 1.20 bits per heavy atom. The lowest BCUT2D eigenvalue weighted by atomic mass is 10.1. The van der Waals surface area contributed by atoms with Crippen molar-refractivity contribution in [2.45, 2.75) is 6.92 Å². The van der Waals surface area contributed by atoms with Crippen LogP contribution in [0, 0.1) is 12.7 Å². The fraction of sp³-hybridized carbons (Fsp3) is 0.0833. The number of aromatic hydroxyl groups is 1. The second kappa shape index (κ2) is 3.69. The largest absolute Gasteiger partial charge is 0.505 e. The van der Waals surface area contributed by atoms with E-state index < -0.39 is 5.82 Å². The molecule has 0 spiro atoms. The lowest BCUT2D eigenvalue weighted by Gasteiger charge is -2.03. The van der Waals surface area contributed by atoms with Gasteiger partial charge in [-0.2, -0.15) is 0 Å². The van der Waals surface area contributed by atoms with Gasteiger partial charge in [-0.3, -0.25) is 4.98 Å². The Balaban J connectivity index is 2.54. The molecule has 0 unspecified atom stereocenters. The van der Waals surface area contributed by atoms with Crippen molar-refractivity contribution in [2.24, 2.45) is 0 Å². The summed E-state index contributed by atoms with van der Waals surface area (Å²) in [7, 11) is 0. The van der Waals surface area contributed by atoms with Crippen LogP contribution in [0.5, 0.6) is 5.75 Å². The van der Waals surface area contributed by atoms with E-state index in [0.29, 0.717) is 11.3 Å². The minimum atomic E-state index is -0.631. The van der Waals surface area contributed by atoms with Gasteiger partial charge in [-0.1, -0.05) is 12.1 Å². The maximum absolute atomic E-state index is 13.5. The number of phenols is 1. The van der Waals surface area contributed by atoms with Crippen molar-refractivity contribution < 1.29 is 9.50 Å². The lowest BCUT2D eigenvalue weighted by molar-refractivity contribution is 0.433. The van der Waals surface area contributed by atoms with Crippen LogP contribution in [0.4, 0.5) is 4.39 Å². The Bertz CT molecular complexity index is 479. The average Bonchev–Trinajstić information content (AvgIpc) is 2.24. The van der Waals surface area contributed by atoms with Gasteiger partial charge in [0.1, 0.15) is 0 Å². The van der Waals surface area contributed by atoms with Gasteiger partial charge in [-0.05, 0) is 30.7 Å². The van der Waals surface area contributed by atoms with E-state index in [1.54, 1.807) is 24.4 Å². The van der Waals surface area contributed by atoms with Crippen LogP contribution < -0.4 is 0 Å². The van der Waals surface area contributed by atoms with Crippen LogP contribution in [-0.4, -0.2) is 10.1 Å². The Kier molecular flexibility index (Phi) is 2.37. The monoisotopic (exact) mass is 203 g/mol. The van der Waals surface area contributed by atoms with Crippen LogP contribution >= 0.6 is 0 Å². The minimum Gasteiger partial charge on any atom is -0.505 e. The molecule has 1 N–H and O–H groups in total. The highest BCUT2D eigenvalue weighted by atomic mass is 19.1. The van der Waals surface area contributed by atoms with Crippen molar-refractivity contribution in [2.75, 3.05) is 0 Å². The molecule has 0 aliphatic rings. The molecular weight excluding hydrogens is 193 g/mol. The van der Waals surface area contributed by atoms with Gasteiger partial charge in [0, 0.05) is 11.8 Å². The maximum atomic E-state index is 13.5. The molecule has 0 radical (unpaired) electrons. The van der Waals surface area contributed by atoms with Crippen molar-refractivity contribution in [3.63, 3.8) is 0 Å². The summed E-state index contributed by atoms with van der Waals surface area (Å²) in [6, 6.07) is 8.08. The van der Waals surface area contributed by atoms with E-state index in [0.717, 1.165) is 5.56 Å². The molecule has 0 saturated carbocycles. The smallest absolute Gasteiger partial charge is 0.174 e. The summed E-state index contributed by atoms with van der Waals surface area (Å²) in [4.78, 5) is 4.10. The standard InChI is InChI=1S/C12H10FNO/c1-8-5-6-10(14-7-8)9-3-2-4-11(15)12(9)13/h2-7,15H,1H3. The van der Waals surface area contributed by atoms with E-state index in [2.05, 4.69) is 4.98 Å². The Labute approximate surface area is 87.0 Å². The second-order valence-electron chi connectivity index (χ2n) is 3.36. The first-order valence-electron chi connectivity index (χ1n) is 4.59. The molecule has 2 nitrogen and oxygen atoms in total. The summed E-state index contributed by atoms with van der Waals surface area (Å²) in [5.74, 6) is -0.983. The maximum Gasteiger partial charge on any atom is 0.174 e. The lowest BCUT2D eigenvalue weighted by Crippen LogP contribution is -1.88. The van der Waals surface area contributed by atoms with Gasteiger partial charge in [0.2, 0.25) is 0 Å². The van der Waals surface area contributed by atoms with E-state index in [4.69, 9.17) is 0 Å². The van der Waals surface area contributed by atoms with Crippen LogP contribution in [0.15, 0.2) is 36.5 Å². The van der Waals surface area contributed by atoms with Gasteiger partial charge in [0.05, 0.1) is 5.69 Å². The first-order chi connectivity index (χ1) is 7.18. The van der Waals surface area contributed by atoms with Crippen LogP contribution in [0.3, 0.4) is 0 Å². The third-order valence-corrected chi connectivity index (χ3v) is 2.17. The summed E-state index contributed by atoms with van der Waals surface area (Å²) < 4.78 is 13.5. The quantitative estimate of drug-likeness (QED) is 0.773. The molecule has 2 aromatic rings. The molecule has 0 atom stereocenters. The predicted octanol–water partition coefficient (Wildman–Crippen LogP) is 2.90. The minimum absolute atomic E-state index is 0.315. The zero-order valence-corrected chi connectivity index (χ0v) is 8.24. The molecule has 3 heteroatoms. The van der Waals surface area contributed by atoms with Crippen LogP contribution in [0.2, 0.25) is 0 Å². The molecule has 0 aliphatic heterocycles. The number of pyridine rings is 1. The molecule has 2 rings (SSSR count). The second-order valence-corrected chi connectivity index (χ2v) is 3.36. The summed E-state index contributed by atoms with van der Waals surface area (Å²) >= 11 is 0. The number of rotatable bonds is 1. The Morgan fingerprint density at radius 3 is 2.67 bits per heavy atom. The Morgan fingerprint density at radius 2 is 2.00 bits per heavy atom. The topological polar surface area (TPSA) is 33.1 Å². The van der Waals surface area contributed by atoms with Gasteiger partial charge in [-0.25, -0.2) is 4.39 Å². The van der Waals surface area contributed by atoms with Crippen LogP contribution in [0.1, 0.15) is 5.56 Å². The van der Waals surface area contributed by atoms with Crippen molar-refractivity contribution in [1.82, 2.24) is 4.98 Å². The van der Waals surface area contributed by atoms with Gasteiger partial charge < -0.3 is 5.11 Å². The number of aromatic nitrogens is 1. The SMILES string of the molecule is Cc1ccc(-c2cccc(O)c2F)nc1. The number of hydrogen-bond acceptors (Lipinski definition) is 2. The number of aryl methyl sites for hydroxylation is 1. The van der Waals surface area contributed by atoms with Crippen molar-refractivity contribution >= 4 is 0 Å². The van der Waals surface area contributed by atoms with E-state index in [9.17, 15) is 9.50 Å². The normalized spacial score (nSPS) is 10.3. The summed E-state index contributed by atoms with van der Waals surface area (Å²) in [6.45, 7) is 1.91. The highest BCUT2D eigenvalue weighted by molar-refractivity contribution is 5.62. The molecule has 1 aromatic carbocycles. The van der Waals surface area contributed by atoms with Gasteiger partial charge >= 0.3 is 0 Å². The predicted molar refractivity (Wildman–Crippen MR) is 56.0 cm³/mol. The van der Waals surface area contributed by atoms with Gasteiger partial charge in [-0.15, -0.1) is 0 Å². The zero-order chi connectivity index (χ0) is 10.8. The molecule has 0 fully saturated rings. The fourth-order valence-electron chi connectivity index (χ4n) is 1.34. The Hall–Kier alpha value is -1.90. The molecule has 1 aromatic heterocycles. The van der Waals surface area contributed by atoms with Crippen LogP contribution in [0.25, 0.3) is 11.3 Å². The molecule has 0 amide bonds. The van der Waals surface area contributed by atoms with E-state index in [1.165, 1.54) is 6.07 Å². The molecular formula is C12H10FNO. The molecule has 1 heterocycles. The number of halogens is 1. The first kappa shape index (κ1) is 9.65. The number of nitrogens with zero attached hydrogens (tertiary/aromatic N) is 1. The van der Waals surface area contributed by atoms with E-state index in [1.807, 2.05) is 13.0 Å². The molecule has 0 aliphatic carbocycles. The average molecular weight is 203 g/mol. The van der Waals surface area contributed by atoms with Crippen LogP contribution in [-0.2, 0) is 0 Å². The van der Waals surface area contributed by atoms with Gasteiger partial charge in [0.25, 0.3) is 0 Å². The molecule has 0 bridgehead atoms. The number of benzene rings is 1. The third-order valence-electron chi connectivity index (χ3n) is 2.17. The van der Waals surface area contributed by atoms with Crippen molar-refractivity contribution in [3.05, 3.63) is 47.9 Å². The first-order valence-corrected chi connectivity index (χ1v) is 4.59. The number of hydrogen-bond donors (Lipinski definition) is 1. The molecule has 15 heavy (non-hydrogen) atoms. The summed E-state index contributed by atoms with van der Waals surface area (Å²) in [5, 5.41) is 9.21. The van der Waals surface area contributed by atoms with E-state index in [-0.39, 0.29) is 5.75 Å². The number of phenolic OH excluding ortho intramolecular Hbond substituents is 1. The summed E-state index contributed by atoms with van der Waals surface area (Å²) in [6.07, 6.45) is 1.67. The molecule has 76 valence electrons. The van der Waals surface area contributed by atoms with Gasteiger partial charge in [0.15, 0.2) is 11.6 Å². The highest BCUT2D eigenvalue weighted by Crippen LogP contribution is 2.26. The highest BCUT2D eigenvalue weighted by Gasteiger charge is 2.09. The zero-order valence-electron chi connectivity index (χ0n) is 8.24. The third kappa shape index (κ3) is 1.81. The molecule has 0 saturated heterocycles.